The van der Waals surface area contributed by atoms with Gasteiger partial charge in [-0.1, -0.05) is 12.8 Å². The minimum absolute atomic E-state index is 0.0956. The Hall–Kier alpha value is -0.780. The van der Waals surface area contributed by atoms with E-state index in [-0.39, 0.29) is 17.5 Å². The van der Waals surface area contributed by atoms with Crippen LogP contribution in [-0.4, -0.2) is 38.0 Å². The lowest BCUT2D eigenvalue weighted by molar-refractivity contribution is 0.594. The molecule has 5 nitrogen and oxygen atoms in total. The molecule has 3 N–H and O–H groups in total. The van der Waals surface area contributed by atoms with Gasteiger partial charge in [0.25, 0.3) is 0 Å². The molecule has 2 rings (SSSR count). The van der Waals surface area contributed by atoms with Crippen LogP contribution in [-0.2, 0) is 9.84 Å². The van der Waals surface area contributed by atoms with Gasteiger partial charge >= 0.3 is 0 Å². The summed E-state index contributed by atoms with van der Waals surface area (Å²) >= 11 is 0. The van der Waals surface area contributed by atoms with Crippen molar-refractivity contribution in [2.75, 3.05) is 12.3 Å². The van der Waals surface area contributed by atoms with Crippen LogP contribution in [0.1, 0.15) is 38.5 Å². The smallest absolute Gasteiger partial charge is 0.188 e. The first-order chi connectivity index (χ1) is 8.08. The Kier molecular flexibility index (Phi) is 3.91. The average Bonchev–Trinajstić information content (AvgIpc) is 3.00. The Labute approximate surface area is 103 Å². The molecule has 0 aromatic rings. The molecule has 2 fully saturated rings. The molecule has 0 unspecified atom stereocenters. The number of nitrogens with one attached hydrogen (secondary N) is 1. The van der Waals surface area contributed by atoms with Crippen molar-refractivity contribution in [3.8, 4) is 0 Å². The van der Waals surface area contributed by atoms with Gasteiger partial charge in [0, 0.05) is 6.04 Å². The predicted octanol–water partition coefficient (Wildman–Crippen LogP) is 0.410. The van der Waals surface area contributed by atoms with Crippen molar-refractivity contribution in [1.82, 2.24) is 5.32 Å². The lowest BCUT2D eigenvalue weighted by atomic mass is 10.3. The van der Waals surface area contributed by atoms with Gasteiger partial charge in [-0.05, 0) is 25.7 Å². The summed E-state index contributed by atoms with van der Waals surface area (Å²) in [7, 11) is -2.90. The van der Waals surface area contributed by atoms with Crippen LogP contribution in [0.3, 0.4) is 0 Å². The maximum atomic E-state index is 11.6. The fourth-order valence-corrected chi connectivity index (χ4v) is 3.75. The van der Waals surface area contributed by atoms with Gasteiger partial charge < -0.3 is 11.1 Å². The molecule has 0 saturated heterocycles. The summed E-state index contributed by atoms with van der Waals surface area (Å²) < 4.78 is 23.2. The second-order valence-corrected chi connectivity index (χ2v) is 7.36. The molecule has 2 aliphatic rings. The standard InChI is InChI=1S/C11H21N3O2S/c12-11(14-9-3-1-2-4-9)13-7-8-17(15,16)10-5-6-10/h9-10H,1-8H2,(H3,12,13,14). The Morgan fingerprint density at radius 3 is 2.47 bits per heavy atom. The summed E-state index contributed by atoms with van der Waals surface area (Å²) in [6.07, 6.45) is 6.39. The average molecular weight is 259 g/mol. The van der Waals surface area contributed by atoms with E-state index in [1.54, 1.807) is 0 Å². The van der Waals surface area contributed by atoms with Crippen molar-refractivity contribution in [2.45, 2.75) is 49.8 Å². The highest BCUT2D eigenvalue weighted by Gasteiger charge is 2.34. The van der Waals surface area contributed by atoms with E-state index in [1.807, 2.05) is 0 Å². The van der Waals surface area contributed by atoms with Crippen molar-refractivity contribution < 1.29 is 8.42 Å². The summed E-state index contributed by atoms with van der Waals surface area (Å²) in [5.41, 5.74) is 5.72. The number of guanidine groups is 1. The Morgan fingerprint density at radius 1 is 1.24 bits per heavy atom. The lowest BCUT2D eigenvalue weighted by Crippen LogP contribution is -2.38. The zero-order valence-corrected chi connectivity index (χ0v) is 10.9. The minimum Gasteiger partial charge on any atom is -0.370 e. The third-order valence-electron chi connectivity index (χ3n) is 3.40. The number of hydrogen-bond donors (Lipinski definition) is 2. The molecular formula is C11H21N3O2S. The number of nitrogens with two attached hydrogens (primary N) is 1. The van der Waals surface area contributed by atoms with Crippen LogP contribution in [0.15, 0.2) is 4.99 Å². The Balaban J connectivity index is 1.71. The molecule has 0 atom stereocenters. The van der Waals surface area contributed by atoms with Gasteiger partial charge in [-0.2, -0.15) is 0 Å². The van der Waals surface area contributed by atoms with Crippen molar-refractivity contribution >= 4 is 15.8 Å². The number of hydrogen-bond acceptors (Lipinski definition) is 3. The van der Waals surface area contributed by atoms with Crippen LogP contribution in [0, 0.1) is 0 Å². The molecule has 0 heterocycles. The van der Waals surface area contributed by atoms with Crippen molar-refractivity contribution in [1.29, 1.82) is 0 Å². The molecule has 2 aliphatic carbocycles. The van der Waals surface area contributed by atoms with Crippen molar-refractivity contribution in [3.63, 3.8) is 0 Å². The van der Waals surface area contributed by atoms with Crippen LogP contribution >= 0.6 is 0 Å². The summed E-state index contributed by atoms with van der Waals surface area (Å²) in [6, 6.07) is 0.429. The normalized spacial score (nSPS) is 22.9. The number of rotatable bonds is 5. The molecule has 98 valence electrons. The van der Waals surface area contributed by atoms with Crippen LogP contribution in [0.25, 0.3) is 0 Å². The van der Waals surface area contributed by atoms with Crippen molar-refractivity contribution in [2.24, 2.45) is 10.7 Å². The van der Waals surface area contributed by atoms with Crippen molar-refractivity contribution in [3.05, 3.63) is 0 Å². The zero-order valence-electron chi connectivity index (χ0n) is 10.1. The molecule has 0 spiro atoms. The fraction of sp³-hybridized carbons (Fsp3) is 0.909. The quantitative estimate of drug-likeness (QED) is 0.553. The maximum Gasteiger partial charge on any atom is 0.188 e. The fourth-order valence-electron chi connectivity index (χ4n) is 2.21. The van der Waals surface area contributed by atoms with Gasteiger partial charge in [0.2, 0.25) is 0 Å². The van der Waals surface area contributed by atoms with Crippen LogP contribution in [0.2, 0.25) is 0 Å². The first-order valence-corrected chi connectivity index (χ1v) is 8.07. The van der Waals surface area contributed by atoms with E-state index in [4.69, 9.17) is 5.73 Å². The number of nitrogens with zero attached hydrogens (tertiary/aromatic N) is 1. The first-order valence-electron chi connectivity index (χ1n) is 6.36. The van der Waals surface area contributed by atoms with Gasteiger partial charge in [-0.25, -0.2) is 8.42 Å². The second kappa shape index (κ2) is 5.25. The third-order valence-corrected chi connectivity index (χ3v) is 5.64. The molecule has 0 aliphatic heterocycles. The molecule has 0 aromatic heterocycles. The monoisotopic (exact) mass is 259 g/mol. The third kappa shape index (κ3) is 3.87. The Bertz CT molecular complexity index is 382. The van der Waals surface area contributed by atoms with E-state index < -0.39 is 9.84 Å². The van der Waals surface area contributed by atoms with E-state index in [0.717, 1.165) is 25.7 Å². The highest BCUT2D eigenvalue weighted by atomic mass is 32.2. The summed E-state index contributed by atoms with van der Waals surface area (Å²) in [5, 5.41) is 3.05. The van der Waals surface area contributed by atoms with Crippen LogP contribution < -0.4 is 11.1 Å². The maximum absolute atomic E-state index is 11.6. The van der Waals surface area contributed by atoms with Crippen LogP contribution in [0.4, 0.5) is 0 Å². The molecule has 0 amide bonds. The number of sulfone groups is 1. The summed E-state index contributed by atoms with van der Waals surface area (Å²) in [4.78, 5) is 4.09. The topological polar surface area (TPSA) is 84.5 Å². The Morgan fingerprint density at radius 2 is 1.88 bits per heavy atom. The van der Waals surface area contributed by atoms with Gasteiger partial charge in [0.1, 0.15) is 0 Å². The molecule has 17 heavy (non-hydrogen) atoms. The first kappa shape index (κ1) is 12.7. The molecule has 0 aromatic carbocycles. The van der Waals surface area contributed by atoms with Gasteiger partial charge in [0.05, 0.1) is 17.5 Å². The van der Waals surface area contributed by atoms with E-state index >= 15 is 0 Å². The molecule has 0 bridgehead atoms. The molecule has 2 saturated carbocycles. The molecule has 6 heteroatoms. The highest BCUT2D eigenvalue weighted by Crippen LogP contribution is 2.28. The largest absolute Gasteiger partial charge is 0.370 e. The minimum atomic E-state index is -2.90. The van der Waals surface area contributed by atoms with E-state index in [9.17, 15) is 8.42 Å². The van der Waals surface area contributed by atoms with E-state index in [1.165, 1.54) is 12.8 Å². The SMILES string of the molecule is NC(=NCCS(=O)(=O)C1CC1)NC1CCCC1. The lowest BCUT2D eigenvalue weighted by Gasteiger charge is -2.12. The summed E-state index contributed by atoms with van der Waals surface area (Å²) in [5.74, 6) is 0.521. The zero-order chi connectivity index (χ0) is 12.3. The summed E-state index contributed by atoms with van der Waals surface area (Å²) in [6.45, 7) is 0.282. The molecular weight excluding hydrogens is 238 g/mol. The van der Waals surface area contributed by atoms with Gasteiger partial charge in [-0.15, -0.1) is 0 Å². The van der Waals surface area contributed by atoms with Gasteiger partial charge in [0.15, 0.2) is 15.8 Å². The second-order valence-electron chi connectivity index (χ2n) is 4.96. The number of aliphatic imine (C=N–C) groups is 1. The van der Waals surface area contributed by atoms with Gasteiger partial charge in [-0.3, -0.25) is 4.99 Å². The van der Waals surface area contributed by atoms with E-state index in [0.29, 0.717) is 12.0 Å². The van der Waals surface area contributed by atoms with E-state index in [2.05, 4.69) is 10.3 Å². The predicted molar refractivity (Wildman–Crippen MR) is 68.7 cm³/mol. The van der Waals surface area contributed by atoms with Crippen LogP contribution in [0.5, 0.6) is 0 Å². The highest BCUT2D eigenvalue weighted by molar-refractivity contribution is 7.92. The molecule has 0 radical (unpaired) electrons.